The van der Waals surface area contributed by atoms with Gasteiger partial charge in [-0.3, -0.25) is 10.2 Å². The molecule has 1 saturated heterocycles. The highest BCUT2D eigenvalue weighted by Crippen LogP contribution is 2.35. The smallest absolute Gasteiger partial charge is 0.273 e. The van der Waals surface area contributed by atoms with E-state index in [1.807, 2.05) is 11.0 Å². The first kappa shape index (κ1) is 17.8. The summed E-state index contributed by atoms with van der Waals surface area (Å²) in [6, 6.07) is 6.48. The molecule has 1 aliphatic heterocycles. The normalized spacial score (nSPS) is 16.1. The first-order valence-electron chi connectivity index (χ1n) is 8.39. The van der Waals surface area contributed by atoms with Crippen LogP contribution in [0.1, 0.15) is 28.9 Å². The standard InChI is InChI=1S/C18H21FN6O/c19-14-3-1-2-13(10-14)18(4-8-25(12-20)9-5-18)11-24-17(26)15-16(21)23-7-6-22-15/h1-3,6-7,10,12,20H,4-5,8-9,11H2,(H2,21,23)(H,24,26). The van der Waals surface area contributed by atoms with Gasteiger partial charge in [0.05, 0.1) is 6.34 Å². The van der Waals surface area contributed by atoms with Gasteiger partial charge in [-0.05, 0) is 30.5 Å². The van der Waals surface area contributed by atoms with Gasteiger partial charge in [-0.1, -0.05) is 12.1 Å². The minimum Gasteiger partial charge on any atom is -0.382 e. The van der Waals surface area contributed by atoms with Crippen LogP contribution in [0.5, 0.6) is 0 Å². The summed E-state index contributed by atoms with van der Waals surface area (Å²) < 4.78 is 13.8. The highest BCUT2D eigenvalue weighted by molar-refractivity contribution is 5.96. The molecule has 1 aromatic carbocycles. The van der Waals surface area contributed by atoms with E-state index in [4.69, 9.17) is 11.1 Å². The van der Waals surface area contributed by atoms with Crippen molar-refractivity contribution < 1.29 is 9.18 Å². The topological polar surface area (TPSA) is 108 Å². The maximum atomic E-state index is 13.8. The molecule has 0 bridgehead atoms. The Morgan fingerprint density at radius 2 is 2.08 bits per heavy atom. The van der Waals surface area contributed by atoms with Crippen LogP contribution in [0.2, 0.25) is 0 Å². The Kier molecular flexibility index (Phi) is 5.11. The van der Waals surface area contributed by atoms with Crippen LogP contribution in [0.3, 0.4) is 0 Å². The summed E-state index contributed by atoms with van der Waals surface area (Å²) in [4.78, 5) is 22.2. The highest BCUT2D eigenvalue weighted by Gasteiger charge is 2.36. The van der Waals surface area contributed by atoms with E-state index in [-0.39, 0.29) is 17.3 Å². The average Bonchev–Trinajstić information content (AvgIpc) is 2.67. The van der Waals surface area contributed by atoms with Crippen molar-refractivity contribution in [3.05, 3.63) is 53.7 Å². The molecule has 2 aromatic rings. The Balaban J connectivity index is 1.82. The van der Waals surface area contributed by atoms with Gasteiger partial charge in [0.2, 0.25) is 0 Å². The molecule has 3 rings (SSSR count). The quantitative estimate of drug-likeness (QED) is 0.557. The molecule has 0 aliphatic carbocycles. The molecule has 1 aromatic heterocycles. The highest BCUT2D eigenvalue weighted by atomic mass is 19.1. The van der Waals surface area contributed by atoms with Gasteiger partial charge in [-0.15, -0.1) is 0 Å². The molecule has 0 spiro atoms. The van der Waals surface area contributed by atoms with Crippen molar-refractivity contribution >= 4 is 18.1 Å². The van der Waals surface area contributed by atoms with Crippen molar-refractivity contribution in [1.29, 1.82) is 5.41 Å². The van der Waals surface area contributed by atoms with E-state index in [2.05, 4.69) is 15.3 Å². The van der Waals surface area contributed by atoms with E-state index in [1.54, 1.807) is 6.07 Å². The number of carbonyl (C=O) groups is 1. The van der Waals surface area contributed by atoms with Gasteiger partial charge in [0.25, 0.3) is 5.91 Å². The molecule has 26 heavy (non-hydrogen) atoms. The zero-order chi connectivity index (χ0) is 18.6. The molecule has 0 saturated carbocycles. The molecule has 2 heterocycles. The summed E-state index contributed by atoms with van der Waals surface area (Å²) in [7, 11) is 0. The van der Waals surface area contributed by atoms with Crippen LogP contribution in [0.25, 0.3) is 0 Å². The van der Waals surface area contributed by atoms with Crippen LogP contribution < -0.4 is 11.1 Å². The van der Waals surface area contributed by atoms with E-state index in [1.165, 1.54) is 30.9 Å². The van der Waals surface area contributed by atoms with Gasteiger partial charge in [0.1, 0.15) is 5.82 Å². The largest absolute Gasteiger partial charge is 0.382 e. The minimum atomic E-state index is -0.408. The van der Waals surface area contributed by atoms with Crippen LogP contribution in [-0.4, -0.2) is 46.7 Å². The van der Waals surface area contributed by atoms with E-state index in [0.29, 0.717) is 32.5 Å². The van der Waals surface area contributed by atoms with Crippen molar-refractivity contribution in [2.24, 2.45) is 0 Å². The lowest BCUT2D eigenvalue weighted by atomic mass is 9.72. The number of amides is 1. The third-order valence-electron chi connectivity index (χ3n) is 4.90. The number of rotatable bonds is 5. The molecule has 0 radical (unpaired) electrons. The fraction of sp³-hybridized carbons (Fsp3) is 0.333. The number of likely N-dealkylation sites (tertiary alicyclic amines) is 1. The number of hydrogen-bond donors (Lipinski definition) is 3. The molecule has 0 unspecified atom stereocenters. The van der Waals surface area contributed by atoms with Crippen molar-refractivity contribution in [1.82, 2.24) is 20.2 Å². The molecule has 8 heteroatoms. The second kappa shape index (κ2) is 7.47. The van der Waals surface area contributed by atoms with Crippen molar-refractivity contribution in [3.8, 4) is 0 Å². The number of nitrogens with two attached hydrogens (primary N) is 1. The summed E-state index contributed by atoms with van der Waals surface area (Å²) >= 11 is 0. The number of nitrogens with one attached hydrogen (secondary N) is 2. The molecule has 1 aliphatic rings. The number of anilines is 1. The molecule has 7 nitrogen and oxygen atoms in total. The second-order valence-corrected chi connectivity index (χ2v) is 6.43. The summed E-state index contributed by atoms with van der Waals surface area (Å²) in [5.74, 6) is -0.634. The van der Waals surface area contributed by atoms with Gasteiger partial charge < -0.3 is 16.0 Å². The number of hydrogen-bond acceptors (Lipinski definition) is 5. The van der Waals surface area contributed by atoms with Gasteiger partial charge in [-0.25, -0.2) is 14.4 Å². The molecule has 136 valence electrons. The summed E-state index contributed by atoms with van der Waals surface area (Å²) in [5, 5.41) is 10.3. The molecule has 4 N–H and O–H groups in total. The number of aromatic nitrogens is 2. The number of halogens is 1. The van der Waals surface area contributed by atoms with Crippen molar-refractivity contribution in [2.75, 3.05) is 25.4 Å². The van der Waals surface area contributed by atoms with Crippen molar-refractivity contribution in [3.63, 3.8) is 0 Å². The first-order chi connectivity index (χ1) is 12.5. The monoisotopic (exact) mass is 356 g/mol. The fourth-order valence-electron chi connectivity index (χ4n) is 3.32. The Hall–Kier alpha value is -3.03. The van der Waals surface area contributed by atoms with E-state index in [9.17, 15) is 9.18 Å². The van der Waals surface area contributed by atoms with Crippen LogP contribution in [0.15, 0.2) is 36.7 Å². The zero-order valence-corrected chi connectivity index (χ0v) is 14.3. The maximum Gasteiger partial charge on any atom is 0.273 e. The van der Waals surface area contributed by atoms with Gasteiger partial charge in [0.15, 0.2) is 11.5 Å². The predicted octanol–water partition coefficient (Wildman–Crippen LogP) is 1.57. The van der Waals surface area contributed by atoms with E-state index in [0.717, 1.165) is 5.56 Å². The van der Waals surface area contributed by atoms with E-state index < -0.39 is 11.3 Å². The lowest BCUT2D eigenvalue weighted by molar-refractivity contribution is 0.0928. The zero-order valence-electron chi connectivity index (χ0n) is 14.3. The summed E-state index contributed by atoms with van der Waals surface area (Å²) in [6.45, 7) is 1.67. The molecule has 1 amide bonds. The van der Waals surface area contributed by atoms with Gasteiger partial charge in [-0.2, -0.15) is 0 Å². The van der Waals surface area contributed by atoms with Crippen LogP contribution in [-0.2, 0) is 5.41 Å². The van der Waals surface area contributed by atoms with Gasteiger partial charge in [0, 0.05) is 37.4 Å². The molecular formula is C18H21FN6O. The minimum absolute atomic E-state index is 0.0726. The lowest BCUT2D eigenvalue weighted by Gasteiger charge is -2.41. The first-order valence-corrected chi connectivity index (χ1v) is 8.39. The van der Waals surface area contributed by atoms with Crippen LogP contribution >= 0.6 is 0 Å². The number of nitrogen functional groups attached to an aromatic ring is 1. The SMILES string of the molecule is N=CN1CCC(CNC(=O)c2nccnc2N)(c2cccc(F)c2)CC1. The van der Waals surface area contributed by atoms with E-state index >= 15 is 0 Å². The number of carbonyl (C=O) groups excluding carboxylic acids is 1. The maximum absolute atomic E-state index is 13.8. The van der Waals surface area contributed by atoms with Crippen molar-refractivity contribution in [2.45, 2.75) is 18.3 Å². The second-order valence-electron chi connectivity index (χ2n) is 6.43. The Bertz CT molecular complexity index is 804. The average molecular weight is 356 g/mol. The third kappa shape index (κ3) is 3.63. The lowest BCUT2D eigenvalue weighted by Crippen LogP contribution is -2.48. The van der Waals surface area contributed by atoms with Crippen LogP contribution in [0.4, 0.5) is 10.2 Å². The Morgan fingerprint density at radius 3 is 2.73 bits per heavy atom. The summed E-state index contributed by atoms with van der Waals surface area (Å²) in [6.07, 6.45) is 5.54. The Labute approximate surface area is 151 Å². The van der Waals surface area contributed by atoms with Crippen LogP contribution in [0, 0.1) is 11.2 Å². The van der Waals surface area contributed by atoms with Gasteiger partial charge >= 0.3 is 0 Å². The predicted molar refractivity (Wildman–Crippen MR) is 96.4 cm³/mol. The fourth-order valence-corrected chi connectivity index (χ4v) is 3.32. The Morgan fingerprint density at radius 1 is 1.35 bits per heavy atom. The summed E-state index contributed by atoms with van der Waals surface area (Å²) in [5.41, 5.74) is 6.23. The molecule has 1 fully saturated rings. The number of benzene rings is 1. The third-order valence-corrected chi connectivity index (χ3v) is 4.90. The number of piperidine rings is 1. The molecule has 0 atom stereocenters. The number of nitrogens with zero attached hydrogens (tertiary/aromatic N) is 3. The molecular weight excluding hydrogens is 335 g/mol.